The van der Waals surface area contributed by atoms with Crippen LogP contribution in [0, 0.1) is 0 Å². The van der Waals surface area contributed by atoms with Crippen molar-refractivity contribution in [3.8, 4) is 0 Å². The van der Waals surface area contributed by atoms with Crippen molar-refractivity contribution < 1.29 is 43.0 Å². The van der Waals surface area contributed by atoms with E-state index in [2.05, 4.69) is 21.3 Å². The van der Waals surface area contributed by atoms with Gasteiger partial charge < -0.3 is 54.7 Å². The Bertz CT molecular complexity index is 849. The average Bonchev–Trinajstić information content (AvgIpc) is 2.82. The van der Waals surface area contributed by atoms with Crippen LogP contribution in [-0.2, 0) is 19.1 Å². The number of rotatable bonds is 15. The molecule has 0 aliphatic heterocycles. The molecule has 194 valence electrons. The summed E-state index contributed by atoms with van der Waals surface area (Å²) >= 11 is 0. The molecular weight excluding hydrogens is 627 g/mol. The number of carbonyl (C=O) groups is 2. The molecule has 0 saturated carbocycles. The maximum atomic E-state index is 12.0. The van der Waals surface area contributed by atoms with Crippen molar-refractivity contribution >= 4 is 31.4 Å². The van der Waals surface area contributed by atoms with Gasteiger partial charge in [-0.25, -0.2) is 0 Å². The van der Waals surface area contributed by atoms with E-state index in [0.717, 1.165) is 63.3 Å². The number of methoxy groups -OCH3 is 2. The number of ether oxygens (including phenoxy) is 2. The predicted octanol–water partition coefficient (Wildman–Crippen LogP) is 0.203. The summed E-state index contributed by atoms with van der Waals surface area (Å²) in [6, 6.07) is 0. The van der Waals surface area contributed by atoms with Crippen LogP contribution in [0.1, 0.15) is 26.7 Å². The van der Waals surface area contributed by atoms with Gasteiger partial charge in [-0.15, -0.1) is 13.1 Å². The summed E-state index contributed by atoms with van der Waals surface area (Å²) in [5.41, 5.74) is 3.14. The first-order valence-electron chi connectivity index (χ1n) is 11.6. The largest absolute Gasteiger partial charge is 3.00 e. The number of hydrogen-bond acceptors (Lipinski definition) is 6. The topological polar surface area (TPSA) is 105 Å². The summed E-state index contributed by atoms with van der Waals surface area (Å²) in [5, 5.41) is 15.3. The van der Waals surface area contributed by atoms with Crippen molar-refractivity contribution in [1.29, 1.82) is 0 Å². The van der Waals surface area contributed by atoms with Crippen molar-refractivity contribution in [2.24, 2.45) is 0 Å². The quantitative estimate of drug-likeness (QED) is 0.112. The SMILES string of the molecule is COC1=CC(=O)/C(=C\NCCC[N-]CC[N-]CCCN/C=C2\C=C(C)C(OC)=CC2=O)C=C1C.[68Ga+3].[I-]. The van der Waals surface area contributed by atoms with Gasteiger partial charge in [0.25, 0.3) is 0 Å². The van der Waals surface area contributed by atoms with E-state index in [4.69, 9.17) is 9.47 Å². The van der Waals surface area contributed by atoms with Gasteiger partial charge in [-0.2, -0.15) is 13.1 Å². The zero-order valence-corrected chi connectivity index (χ0v) is 26.2. The van der Waals surface area contributed by atoms with E-state index in [1.165, 1.54) is 12.2 Å². The van der Waals surface area contributed by atoms with Gasteiger partial charge in [0.15, 0.2) is 11.6 Å². The number of halogens is 1. The zero-order chi connectivity index (χ0) is 24.8. The van der Waals surface area contributed by atoms with Crippen molar-refractivity contribution in [1.82, 2.24) is 10.6 Å². The van der Waals surface area contributed by atoms with Gasteiger partial charge in [-0.3, -0.25) is 9.59 Å². The summed E-state index contributed by atoms with van der Waals surface area (Å²) in [7, 11) is 3.13. The molecule has 2 aliphatic rings. The molecule has 0 bridgehead atoms. The summed E-state index contributed by atoms with van der Waals surface area (Å²) in [6.07, 6.45) is 12.0. The zero-order valence-electron chi connectivity index (χ0n) is 21.6. The number of ketones is 2. The third-order valence-corrected chi connectivity index (χ3v) is 5.26. The molecule has 36 heavy (non-hydrogen) atoms. The van der Waals surface area contributed by atoms with Crippen molar-refractivity contribution in [2.45, 2.75) is 26.7 Å². The molecule has 0 aromatic carbocycles. The van der Waals surface area contributed by atoms with Crippen LogP contribution < -0.4 is 34.6 Å². The number of hydrogen-bond donors (Lipinski definition) is 2. The minimum Gasteiger partial charge on any atom is -1.00 e. The minimum absolute atomic E-state index is 0. The molecule has 10 heteroatoms. The monoisotopic (exact) mass is 663 g/mol. The van der Waals surface area contributed by atoms with E-state index in [1.807, 2.05) is 26.0 Å². The van der Waals surface area contributed by atoms with Crippen LogP contribution in [-0.4, -0.2) is 84.8 Å². The first-order valence-corrected chi connectivity index (χ1v) is 11.6. The van der Waals surface area contributed by atoms with Crippen LogP contribution in [0.3, 0.4) is 0 Å². The van der Waals surface area contributed by atoms with Crippen molar-refractivity contribution in [3.63, 3.8) is 0 Å². The van der Waals surface area contributed by atoms with Crippen LogP contribution in [0.5, 0.6) is 0 Å². The van der Waals surface area contributed by atoms with Gasteiger partial charge in [0, 0.05) is 48.8 Å². The number of nitrogens with one attached hydrogen (secondary N) is 2. The fourth-order valence-corrected chi connectivity index (χ4v) is 3.36. The van der Waals surface area contributed by atoms with E-state index in [0.29, 0.717) is 22.7 Å². The normalized spacial score (nSPS) is 17.3. The van der Waals surface area contributed by atoms with E-state index in [9.17, 15) is 9.59 Å². The molecule has 2 N–H and O–H groups in total. The Morgan fingerprint density at radius 2 is 1.11 bits per heavy atom. The first-order chi connectivity index (χ1) is 16.5. The molecule has 2 aliphatic carbocycles. The second-order valence-corrected chi connectivity index (χ2v) is 7.96. The Morgan fingerprint density at radius 3 is 1.47 bits per heavy atom. The molecule has 0 aromatic rings. The second-order valence-electron chi connectivity index (χ2n) is 7.96. The molecule has 8 nitrogen and oxygen atoms in total. The van der Waals surface area contributed by atoms with Crippen LogP contribution in [0.2, 0.25) is 0 Å². The minimum atomic E-state index is -0.0553. The molecule has 0 aromatic heterocycles. The molecule has 0 spiro atoms. The van der Waals surface area contributed by atoms with Crippen molar-refractivity contribution in [3.05, 3.63) is 81.1 Å². The van der Waals surface area contributed by atoms with Gasteiger partial charge in [-0.1, -0.05) is 12.8 Å². The molecule has 0 saturated heterocycles. The standard InChI is InChI=1S/C26H36N4O4.Ga.HI/c1-19-13-21(23(31)15-25(19)33-3)17-29-9-5-7-27-11-12-28-8-6-10-30-18-22-14-20(2)26(34-4)16-24(22)32;;/h13-18,29-30H,5-12H2,1-4H3;;1H/q-2;+3;/p-1/b21-17-,22-18+;;/i;1-2;. The van der Waals surface area contributed by atoms with Crippen LogP contribution >= 0.6 is 0 Å². The van der Waals surface area contributed by atoms with E-state index < -0.39 is 0 Å². The number of allylic oxidation sites excluding steroid dienone is 8. The smallest absolute Gasteiger partial charge is 1.00 e. The molecule has 0 heterocycles. The predicted molar refractivity (Wildman–Crippen MR) is 141 cm³/mol. The third kappa shape index (κ3) is 12.0. The first kappa shape index (κ1) is 34.3. The summed E-state index contributed by atoms with van der Waals surface area (Å²) in [6.45, 7) is 8.31. The summed E-state index contributed by atoms with van der Waals surface area (Å²) < 4.78 is 10.3. The molecule has 0 amide bonds. The van der Waals surface area contributed by atoms with Crippen LogP contribution in [0.25, 0.3) is 10.6 Å². The number of nitrogens with zero attached hydrogens (tertiary/aromatic N) is 2. The second kappa shape index (κ2) is 19.4. The summed E-state index contributed by atoms with van der Waals surface area (Å²) in [5.74, 6) is 1.12. The van der Waals surface area contributed by atoms with Gasteiger partial charge >= 0.3 is 19.8 Å². The Kier molecular flexibility index (Phi) is 18.5. The summed E-state index contributed by atoms with van der Waals surface area (Å²) in [4.78, 5) is 24.0. The van der Waals surface area contributed by atoms with Crippen LogP contribution in [0.4, 0.5) is 0 Å². The van der Waals surface area contributed by atoms with E-state index >= 15 is 0 Å². The molecular formula is C26H36GaIN4O4. The van der Waals surface area contributed by atoms with Gasteiger partial charge in [-0.05, 0) is 37.1 Å². The fraction of sp³-hybridized carbons (Fsp3) is 0.462. The number of carbonyl (C=O) groups excluding carboxylic acids is 2. The van der Waals surface area contributed by atoms with E-state index in [-0.39, 0.29) is 55.3 Å². The molecule has 0 atom stereocenters. The van der Waals surface area contributed by atoms with Crippen LogP contribution in [0.15, 0.2) is 70.5 Å². The third-order valence-electron chi connectivity index (χ3n) is 5.26. The Balaban J connectivity index is 0.00000612. The maximum absolute atomic E-state index is 12.0. The average molecular weight is 663 g/mol. The molecule has 0 unspecified atom stereocenters. The molecule has 0 fully saturated rings. The molecule has 2 rings (SSSR count). The molecule has 0 radical (unpaired) electrons. The fourth-order valence-electron chi connectivity index (χ4n) is 3.36. The maximum Gasteiger partial charge on any atom is 3.00 e. The van der Waals surface area contributed by atoms with Gasteiger partial charge in [0.05, 0.1) is 14.2 Å². The Labute approximate surface area is 245 Å². The van der Waals surface area contributed by atoms with Gasteiger partial charge in [0.2, 0.25) is 0 Å². The van der Waals surface area contributed by atoms with Crippen molar-refractivity contribution in [2.75, 3.05) is 53.5 Å². The van der Waals surface area contributed by atoms with E-state index in [1.54, 1.807) is 26.6 Å². The van der Waals surface area contributed by atoms with Gasteiger partial charge in [0.1, 0.15) is 11.5 Å². The Hall–Kier alpha value is -1.73. The Morgan fingerprint density at radius 1 is 0.722 bits per heavy atom.